The molecule has 0 amide bonds. The lowest BCUT2D eigenvalue weighted by Crippen LogP contribution is -2.30. The maximum atomic E-state index is 13.4. The minimum Gasteiger partial charge on any atom is -0.464 e. The number of nitrogens with zero attached hydrogens (tertiary/aromatic N) is 2. The number of methoxy groups -OCH3 is 1. The number of aromatic nitrogens is 1. The first-order valence-corrected chi connectivity index (χ1v) is 9.82. The lowest BCUT2D eigenvalue weighted by atomic mass is 10.1. The Morgan fingerprint density at radius 2 is 2.00 bits per heavy atom. The molecule has 3 rings (SSSR count). The number of pyridine rings is 1. The first-order chi connectivity index (χ1) is 13.5. The third kappa shape index (κ3) is 4.74. The van der Waals surface area contributed by atoms with Crippen LogP contribution in [-0.2, 0) is 25.7 Å². The number of sulfonamides is 1. The lowest BCUT2D eigenvalue weighted by Gasteiger charge is -2.18. The number of alkyl halides is 3. The van der Waals surface area contributed by atoms with Crippen LogP contribution < -0.4 is 0 Å². The minimum atomic E-state index is -4.78. The van der Waals surface area contributed by atoms with Crippen molar-refractivity contribution in [3.05, 3.63) is 47.7 Å². The van der Waals surface area contributed by atoms with Gasteiger partial charge in [-0.25, -0.2) is 18.2 Å². The molecule has 0 radical (unpaired) electrons. The molecule has 1 aliphatic heterocycles. The summed E-state index contributed by atoms with van der Waals surface area (Å²) >= 11 is 0. The van der Waals surface area contributed by atoms with Crippen molar-refractivity contribution in [2.24, 2.45) is 0 Å². The van der Waals surface area contributed by atoms with E-state index in [1.54, 1.807) is 0 Å². The summed E-state index contributed by atoms with van der Waals surface area (Å²) in [5, 5.41) is 0. The number of likely N-dealkylation sites (N-methyl/N-ethyl adjacent to an activating group) is 1. The van der Waals surface area contributed by atoms with Crippen molar-refractivity contribution >= 4 is 16.0 Å². The van der Waals surface area contributed by atoms with Gasteiger partial charge in [0.25, 0.3) is 0 Å². The van der Waals surface area contributed by atoms with E-state index < -0.39 is 32.6 Å². The van der Waals surface area contributed by atoms with Crippen molar-refractivity contribution in [3.63, 3.8) is 0 Å². The molecule has 1 aliphatic rings. The van der Waals surface area contributed by atoms with Gasteiger partial charge in [0.2, 0.25) is 10.0 Å². The number of carbonyl (C=O) groups is 1. The minimum absolute atomic E-state index is 0.00336. The van der Waals surface area contributed by atoms with Crippen LogP contribution in [-0.4, -0.2) is 57.1 Å². The van der Waals surface area contributed by atoms with E-state index in [0.717, 1.165) is 23.5 Å². The molecule has 1 unspecified atom stereocenters. The molecule has 0 saturated carbocycles. The van der Waals surface area contributed by atoms with E-state index in [0.29, 0.717) is 12.7 Å². The Hall–Kier alpha value is -2.50. The molecule has 1 aromatic carbocycles. The number of hydrogen-bond acceptors (Lipinski definition) is 6. The molecule has 2 aromatic rings. The number of carbonyl (C=O) groups excluding carboxylic acids is 1. The fourth-order valence-corrected chi connectivity index (χ4v) is 3.89. The average molecular weight is 430 g/mol. The average Bonchev–Trinajstić information content (AvgIpc) is 3.50. The van der Waals surface area contributed by atoms with Gasteiger partial charge in [0.05, 0.1) is 36.0 Å². The Bertz CT molecular complexity index is 1040. The predicted molar refractivity (Wildman–Crippen MR) is 95.6 cm³/mol. The van der Waals surface area contributed by atoms with Crippen LogP contribution in [0.4, 0.5) is 13.2 Å². The Kier molecular flexibility index (Phi) is 5.65. The molecule has 0 spiro atoms. The molecule has 1 atom stereocenters. The number of rotatable bonds is 6. The fourth-order valence-electron chi connectivity index (χ4n) is 2.61. The fraction of sp³-hybridized carbons (Fsp3) is 0.333. The van der Waals surface area contributed by atoms with Crippen molar-refractivity contribution in [2.45, 2.75) is 17.2 Å². The Morgan fingerprint density at radius 3 is 2.59 bits per heavy atom. The second kappa shape index (κ2) is 7.73. The third-order valence-corrected chi connectivity index (χ3v) is 6.05. The van der Waals surface area contributed by atoms with Crippen LogP contribution in [0.25, 0.3) is 11.3 Å². The van der Waals surface area contributed by atoms with Crippen LogP contribution in [0.3, 0.4) is 0 Å². The van der Waals surface area contributed by atoms with Crippen LogP contribution >= 0.6 is 0 Å². The number of benzene rings is 1. The van der Waals surface area contributed by atoms with Crippen LogP contribution in [0.2, 0.25) is 0 Å². The number of ether oxygens (including phenoxy) is 2. The van der Waals surface area contributed by atoms with E-state index in [2.05, 4.69) is 9.72 Å². The molecule has 29 heavy (non-hydrogen) atoms. The van der Waals surface area contributed by atoms with Crippen molar-refractivity contribution < 1.29 is 35.9 Å². The van der Waals surface area contributed by atoms with E-state index in [9.17, 15) is 26.4 Å². The highest BCUT2D eigenvalue weighted by molar-refractivity contribution is 7.89. The molecule has 0 aliphatic carbocycles. The molecule has 11 heteroatoms. The molecule has 0 bridgehead atoms. The SMILES string of the molecule is COC(=O)c1cccc(-c2cc(C(F)(F)F)cc(S(=O)(=O)N(C)CC3CO3)c2)n1. The maximum absolute atomic E-state index is 13.4. The summed E-state index contributed by atoms with van der Waals surface area (Å²) in [6.45, 7) is 0.432. The zero-order chi connectivity index (χ0) is 21.4. The van der Waals surface area contributed by atoms with E-state index in [4.69, 9.17) is 4.74 Å². The van der Waals surface area contributed by atoms with Gasteiger partial charge in [0.1, 0.15) is 5.69 Å². The molecule has 156 valence electrons. The first-order valence-electron chi connectivity index (χ1n) is 8.38. The molecule has 7 nitrogen and oxygen atoms in total. The zero-order valence-corrected chi connectivity index (χ0v) is 16.2. The third-order valence-electron chi connectivity index (χ3n) is 4.24. The van der Waals surface area contributed by atoms with Gasteiger partial charge in [0.15, 0.2) is 0 Å². The quantitative estimate of drug-likeness (QED) is 0.517. The van der Waals surface area contributed by atoms with Crippen molar-refractivity contribution in [1.29, 1.82) is 0 Å². The highest BCUT2D eigenvalue weighted by Gasteiger charge is 2.35. The molecule has 1 fully saturated rings. The van der Waals surface area contributed by atoms with E-state index in [1.807, 2.05) is 0 Å². The largest absolute Gasteiger partial charge is 0.464 e. The van der Waals surface area contributed by atoms with Gasteiger partial charge in [0, 0.05) is 19.2 Å². The molecule has 0 N–H and O–H groups in total. The second-order valence-electron chi connectivity index (χ2n) is 6.38. The van der Waals surface area contributed by atoms with E-state index in [-0.39, 0.29) is 29.6 Å². The monoisotopic (exact) mass is 430 g/mol. The summed E-state index contributed by atoms with van der Waals surface area (Å²) < 4.78 is 76.3. The summed E-state index contributed by atoms with van der Waals surface area (Å²) in [4.78, 5) is 15.1. The molecular formula is C18H17F3N2O5S. The number of hydrogen-bond donors (Lipinski definition) is 0. The van der Waals surface area contributed by atoms with Crippen LogP contribution in [0.1, 0.15) is 16.1 Å². The smallest absolute Gasteiger partial charge is 0.416 e. The number of halogens is 3. The summed E-state index contributed by atoms with van der Waals surface area (Å²) in [6, 6.07) is 6.58. The van der Waals surface area contributed by atoms with Gasteiger partial charge in [-0.2, -0.15) is 17.5 Å². The summed E-state index contributed by atoms with van der Waals surface area (Å²) in [7, 11) is -1.79. The van der Waals surface area contributed by atoms with Gasteiger partial charge < -0.3 is 9.47 Å². The highest BCUT2D eigenvalue weighted by atomic mass is 32.2. The van der Waals surface area contributed by atoms with E-state index in [1.165, 1.54) is 25.2 Å². The number of epoxide rings is 1. The normalized spacial score (nSPS) is 16.7. The summed E-state index contributed by atoms with van der Waals surface area (Å²) in [5.74, 6) is -0.768. The van der Waals surface area contributed by atoms with Crippen molar-refractivity contribution in [1.82, 2.24) is 9.29 Å². The first kappa shape index (κ1) is 21.2. The Labute approximate surface area is 165 Å². The zero-order valence-electron chi connectivity index (χ0n) is 15.4. The number of esters is 1. The van der Waals surface area contributed by atoms with Gasteiger partial charge in [-0.05, 0) is 30.3 Å². The second-order valence-corrected chi connectivity index (χ2v) is 8.43. The van der Waals surface area contributed by atoms with Gasteiger partial charge >= 0.3 is 12.1 Å². The Morgan fingerprint density at radius 1 is 1.31 bits per heavy atom. The van der Waals surface area contributed by atoms with Crippen LogP contribution in [0.5, 0.6) is 0 Å². The molecular weight excluding hydrogens is 413 g/mol. The topological polar surface area (TPSA) is 89.1 Å². The van der Waals surface area contributed by atoms with Gasteiger partial charge in [-0.15, -0.1) is 0 Å². The lowest BCUT2D eigenvalue weighted by molar-refractivity contribution is -0.137. The highest BCUT2D eigenvalue weighted by Crippen LogP contribution is 2.35. The van der Waals surface area contributed by atoms with Gasteiger partial charge in [-0.1, -0.05) is 6.07 Å². The molecule has 1 saturated heterocycles. The van der Waals surface area contributed by atoms with Crippen molar-refractivity contribution in [2.75, 3.05) is 27.3 Å². The summed E-state index contributed by atoms with van der Waals surface area (Å²) in [5.41, 5.74) is -1.35. The standard InChI is InChI=1S/C18H17F3N2O5S/c1-23(9-13-10-28-13)29(25,26)14-7-11(6-12(8-14)18(19,20)21)15-4-3-5-16(22-15)17(24)27-2/h3-8,13H,9-10H2,1-2H3. The predicted octanol–water partition coefficient (Wildman–Crippen LogP) is 2.57. The van der Waals surface area contributed by atoms with Crippen LogP contribution in [0.15, 0.2) is 41.3 Å². The molecule has 2 heterocycles. The van der Waals surface area contributed by atoms with Gasteiger partial charge in [-0.3, -0.25) is 0 Å². The van der Waals surface area contributed by atoms with Crippen molar-refractivity contribution in [3.8, 4) is 11.3 Å². The molecule has 1 aromatic heterocycles. The summed E-state index contributed by atoms with van der Waals surface area (Å²) in [6.07, 6.45) is -5.04. The maximum Gasteiger partial charge on any atom is 0.416 e. The van der Waals surface area contributed by atoms with E-state index >= 15 is 0 Å². The van der Waals surface area contributed by atoms with Crippen LogP contribution in [0, 0.1) is 0 Å². The Balaban J connectivity index is 2.11.